The van der Waals surface area contributed by atoms with Gasteiger partial charge >= 0.3 is 0 Å². The molecule has 0 fully saturated rings. The highest BCUT2D eigenvalue weighted by molar-refractivity contribution is 6.00. The van der Waals surface area contributed by atoms with E-state index in [2.05, 4.69) is 13.8 Å². The van der Waals surface area contributed by atoms with Crippen molar-refractivity contribution in [2.75, 3.05) is 7.11 Å². The standard InChI is InChI=1S/C13H19NO2/c1-9(2)8-12(14)13(15)10-4-6-11(16-3)7-5-10/h4-7,9,12H,8,14H2,1-3H3. The monoisotopic (exact) mass is 221 g/mol. The quantitative estimate of drug-likeness (QED) is 0.776. The van der Waals surface area contributed by atoms with Gasteiger partial charge in [-0.15, -0.1) is 0 Å². The third-order valence-electron chi connectivity index (χ3n) is 2.44. The van der Waals surface area contributed by atoms with Crippen molar-refractivity contribution in [2.24, 2.45) is 11.7 Å². The highest BCUT2D eigenvalue weighted by Crippen LogP contribution is 2.14. The van der Waals surface area contributed by atoms with Crippen molar-refractivity contribution in [1.82, 2.24) is 0 Å². The van der Waals surface area contributed by atoms with Crippen LogP contribution in [0.15, 0.2) is 24.3 Å². The van der Waals surface area contributed by atoms with Crippen LogP contribution in [0.3, 0.4) is 0 Å². The van der Waals surface area contributed by atoms with Gasteiger partial charge in [0.25, 0.3) is 0 Å². The van der Waals surface area contributed by atoms with Crippen molar-refractivity contribution < 1.29 is 9.53 Å². The smallest absolute Gasteiger partial charge is 0.179 e. The summed E-state index contributed by atoms with van der Waals surface area (Å²) in [4.78, 5) is 11.9. The number of carbonyl (C=O) groups excluding carboxylic acids is 1. The maximum Gasteiger partial charge on any atom is 0.179 e. The van der Waals surface area contributed by atoms with E-state index in [1.807, 2.05) is 0 Å². The lowest BCUT2D eigenvalue weighted by molar-refractivity contribution is 0.0951. The summed E-state index contributed by atoms with van der Waals surface area (Å²) in [5, 5.41) is 0. The van der Waals surface area contributed by atoms with Crippen LogP contribution >= 0.6 is 0 Å². The van der Waals surface area contributed by atoms with Crippen molar-refractivity contribution in [1.29, 1.82) is 0 Å². The van der Waals surface area contributed by atoms with E-state index in [0.717, 1.165) is 5.75 Å². The molecule has 88 valence electrons. The summed E-state index contributed by atoms with van der Waals surface area (Å²) in [6.45, 7) is 4.11. The highest BCUT2D eigenvalue weighted by Gasteiger charge is 2.16. The molecule has 0 spiro atoms. The number of Topliss-reactive ketones (excluding diaryl/α,β-unsaturated/α-hetero) is 1. The molecule has 0 aliphatic rings. The van der Waals surface area contributed by atoms with Gasteiger partial charge in [0.1, 0.15) is 5.75 Å². The zero-order valence-electron chi connectivity index (χ0n) is 10.1. The summed E-state index contributed by atoms with van der Waals surface area (Å²) in [6.07, 6.45) is 0.713. The predicted molar refractivity (Wildman–Crippen MR) is 64.8 cm³/mol. The lowest BCUT2D eigenvalue weighted by Gasteiger charge is -2.13. The fraction of sp³-hybridized carbons (Fsp3) is 0.462. The van der Waals surface area contributed by atoms with Crippen LogP contribution in [0, 0.1) is 5.92 Å². The Morgan fingerprint density at radius 2 is 1.88 bits per heavy atom. The lowest BCUT2D eigenvalue weighted by atomic mass is 9.97. The van der Waals surface area contributed by atoms with Gasteiger partial charge in [0.05, 0.1) is 13.2 Å². The van der Waals surface area contributed by atoms with Crippen LogP contribution in [-0.2, 0) is 0 Å². The van der Waals surface area contributed by atoms with Crippen LogP contribution in [0.2, 0.25) is 0 Å². The Kier molecular flexibility index (Phi) is 4.50. The fourth-order valence-electron chi connectivity index (χ4n) is 1.58. The van der Waals surface area contributed by atoms with Crippen LogP contribution < -0.4 is 10.5 Å². The molecule has 0 aliphatic heterocycles. The molecule has 1 unspecified atom stereocenters. The topological polar surface area (TPSA) is 52.3 Å². The second-order valence-corrected chi connectivity index (χ2v) is 4.33. The summed E-state index contributed by atoms with van der Waals surface area (Å²) >= 11 is 0. The first-order chi connectivity index (χ1) is 7.54. The van der Waals surface area contributed by atoms with Gasteiger partial charge < -0.3 is 10.5 Å². The van der Waals surface area contributed by atoms with E-state index < -0.39 is 6.04 Å². The average Bonchev–Trinajstić information content (AvgIpc) is 2.27. The number of carbonyl (C=O) groups is 1. The zero-order valence-corrected chi connectivity index (χ0v) is 10.1. The van der Waals surface area contributed by atoms with E-state index in [0.29, 0.717) is 17.9 Å². The minimum atomic E-state index is -0.409. The van der Waals surface area contributed by atoms with Crippen molar-refractivity contribution in [2.45, 2.75) is 26.3 Å². The third-order valence-corrected chi connectivity index (χ3v) is 2.44. The van der Waals surface area contributed by atoms with Gasteiger partial charge in [-0.2, -0.15) is 0 Å². The number of hydrogen-bond donors (Lipinski definition) is 1. The second-order valence-electron chi connectivity index (χ2n) is 4.33. The molecule has 1 aromatic rings. The molecule has 1 rings (SSSR count). The van der Waals surface area contributed by atoms with Crippen LogP contribution in [0.4, 0.5) is 0 Å². The van der Waals surface area contributed by atoms with Gasteiger partial charge in [-0.3, -0.25) is 4.79 Å². The molecule has 0 amide bonds. The summed E-state index contributed by atoms with van der Waals surface area (Å²) in [5.74, 6) is 1.17. The Balaban J connectivity index is 2.72. The van der Waals surface area contributed by atoms with Crippen LogP contribution in [-0.4, -0.2) is 18.9 Å². The molecular weight excluding hydrogens is 202 g/mol. The first-order valence-corrected chi connectivity index (χ1v) is 5.48. The minimum absolute atomic E-state index is 0.00338. The van der Waals surface area contributed by atoms with Crippen molar-refractivity contribution in [3.05, 3.63) is 29.8 Å². The molecule has 3 heteroatoms. The average molecular weight is 221 g/mol. The van der Waals surface area contributed by atoms with E-state index in [1.54, 1.807) is 31.4 Å². The molecule has 1 aromatic carbocycles. The molecular formula is C13H19NO2. The molecule has 16 heavy (non-hydrogen) atoms. The molecule has 0 bridgehead atoms. The number of ketones is 1. The van der Waals surface area contributed by atoms with Gasteiger partial charge in [-0.05, 0) is 36.6 Å². The van der Waals surface area contributed by atoms with Crippen LogP contribution in [0.5, 0.6) is 5.75 Å². The van der Waals surface area contributed by atoms with E-state index in [9.17, 15) is 4.79 Å². The van der Waals surface area contributed by atoms with Crippen molar-refractivity contribution in [3.8, 4) is 5.75 Å². The maximum absolute atomic E-state index is 11.9. The number of rotatable bonds is 5. The van der Waals surface area contributed by atoms with Crippen LogP contribution in [0.25, 0.3) is 0 Å². The van der Waals surface area contributed by atoms with Gasteiger partial charge in [-0.25, -0.2) is 0 Å². The molecule has 3 nitrogen and oxygen atoms in total. The summed E-state index contributed by atoms with van der Waals surface area (Å²) in [7, 11) is 1.60. The van der Waals surface area contributed by atoms with Crippen LogP contribution in [0.1, 0.15) is 30.6 Å². The van der Waals surface area contributed by atoms with E-state index >= 15 is 0 Å². The van der Waals surface area contributed by atoms with Crippen molar-refractivity contribution in [3.63, 3.8) is 0 Å². The summed E-state index contributed by atoms with van der Waals surface area (Å²) in [6, 6.07) is 6.64. The van der Waals surface area contributed by atoms with E-state index in [4.69, 9.17) is 10.5 Å². The number of ether oxygens (including phenoxy) is 1. The Labute approximate surface area is 96.6 Å². The molecule has 0 aliphatic carbocycles. The highest BCUT2D eigenvalue weighted by atomic mass is 16.5. The molecule has 0 radical (unpaired) electrons. The summed E-state index contributed by atoms with van der Waals surface area (Å²) < 4.78 is 5.03. The summed E-state index contributed by atoms with van der Waals surface area (Å²) in [5.41, 5.74) is 6.49. The number of methoxy groups -OCH3 is 1. The Bertz CT molecular complexity index is 343. The van der Waals surface area contributed by atoms with E-state index in [1.165, 1.54) is 0 Å². The maximum atomic E-state index is 11.9. The molecule has 0 aromatic heterocycles. The largest absolute Gasteiger partial charge is 0.497 e. The predicted octanol–water partition coefficient (Wildman–Crippen LogP) is 2.25. The SMILES string of the molecule is COc1ccc(C(=O)C(N)CC(C)C)cc1. The number of benzene rings is 1. The Hall–Kier alpha value is -1.35. The normalized spacial score (nSPS) is 12.6. The minimum Gasteiger partial charge on any atom is -0.497 e. The molecule has 0 saturated carbocycles. The molecule has 0 heterocycles. The fourth-order valence-corrected chi connectivity index (χ4v) is 1.58. The lowest BCUT2D eigenvalue weighted by Crippen LogP contribution is -2.31. The first kappa shape index (κ1) is 12.7. The zero-order chi connectivity index (χ0) is 12.1. The first-order valence-electron chi connectivity index (χ1n) is 5.48. The van der Waals surface area contributed by atoms with Crippen molar-refractivity contribution >= 4 is 5.78 Å². The number of nitrogens with two attached hydrogens (primary N) is 1. The number of hydrogen-bond acceptors (Lipinski definition) is 3. The molecule has 1 atom stereocenters. The second kappa shape index (κ2) is 5.66. The molecule has 2 N–H and O–H groups in total. The molecule has 0 saturated heterocycles. The van der Waals surface area contributed by atoms with Gasteiger partial charge in [0, 0.05) is 5.56 Å². The van der Waals surface area contributed by atoms with E-state index in [-0.39, 0.29) is 5.78 Å². The van der Waals surface area contributed by atoms with Gasteiger partial charge in [-0.1, -0.05) is 13.8 Å². The third kappa shape index (κ3) is 3.35. The Morgan fingerprint density at radius 1 is 1.31 bits per heavy atom. The van der Waals surface area contributed by atoms with Gasteiger partial charge in [0.2, 0.25) is 0 Å². The Morgan fingerprint density at radius 3 is 2.31 bits per heavy atom. The van der Waals surface area contributed by atoms with Gasteiger partial charge in [0.15, 0.2) is 5.78 Å².